The zero-order valence-electron chi connectivity index (χ0n) is 13.1. The summed E-state index contributed by atoms with van der Waals surface area (Å²) in [5.41, 5.74) is 1.11. The van der Waals surface area contributed by atoms with Crippen LogP contribution in [0.25, 0.3) is 0 Å². The van der Waals surface area contributed by atoms with Crippen molar-refractivity contribution in [2.75, 3.05) is 6.61 Å². The van der Waals surface area contributed by atoms with Crippen LogP contribution < -0.4 is 14.8 Å². The van der Waals surface area contributed by atoms with Crippen LogP contribution in [0.3, 0.4) is 0 Å². The maximum absolute atomic E-state index is 6.33. The molecule has 0 spiro atoms. The van der Waals surface area contributed by atoms with Gasteiger partial charge in [-0.2, -0.15) is 0 Å². The molecule has 20 heavy (non-hydrogen) atoms. The summed E-state index contributed by atoms with van der Waals surface area (Å²) in [7, 11) is 0. The molecule has 114 valence electrons. The molecule has 1 unspecified atom stereocenters. The predicted octanol–water partition coefficient (Wildman–Crippen LogP) is 4.41. The number of ether oxygens (including phenoxy) is 2. The summed E-state index contributed by atoms with van der Waals surface area (Å²) in [4.78, 5) is 0. The van der Waals surface area contributed by atoms with Gasteiger partial charge >= 0.3 is 0 Å². The molecule has 0 bridgehead atoms. The Morgan fingerprint density at radius 3 is 2.45 bits per heavy atom. The van der Waals surface area contributed by atoms with E-state index >= 15 is 0 Å². The zero-order chi connectivity index (χ0) is 15.1. The maximum Gasteiger partial charge on any atom is 0.180 e. The molecular formula is C16H26ClNO2. The van der Waals surface area contributed by atoms with Crippen molar-refractivity contribution in [3.8, 4) is 11.5 Å². The van der Waals surface area contributed by atoms with E-state index in [9.17, 15) is 0 Å². The van der Waals surface area contributed by atoms with Gasteiger partial charge in [0, 0.05) is 12.6 Å². The molecule has 0 saturated carbocycles. The highest BCUT2D eigenvalue weighted by molar-refractivity contribution is 6.32. The van der Waals surface area contributed by atoms with E-state index in [1.807, 2.05) is 32.9 Å². The van der Waals surface area contributed by atoms with Crippen molar-refractivity contribution in [3.63, 3.8) is 0 Å². The van der Waals surface area contributed by atoms with Gasteiger partial charge < -0.3 is 14.8 Å². The minimum Gasteiger partial charge on any atom is -0.490 e. The van der Waals surface area contributed by atoms with Gasteiger partial charge in [0.25, 0.3) is 0 Å². The largest absolute Gasteiger partial charge is 0.490 e. The monoisotopic (exact) mass is 299 g/mol. The normalized spacial score (nSPS) is 12.6. The van der Waals surface area contributed by atoms with E-state index < -0.39 is 0 Å². The van der Waals surface area contributed by atoms with E-state index in [1.54, 1.807) is 0 Å². The van der Waals surface area contributed by atoms with Crippen LogP contribution in [0.1, 0.15) is 46.6 Å². The van der Waals surface area contributed by atoms with Crippen molar-refractivity contribution in [2.24, 2.45) is 0 Å². The van der Waals surface area contributed by atoms with Gasteiger partial charge in [0.2, 0.25) is 0 Å². The second-order valence-electron chi connectivity index (χ2n) is 5.19. The smallest absolute Gasteiger partial charge is 0.180 e. The van der Waals surface area contributed by atoms with Crippen molar-refractivity contribution in [1.29, 1.82) is 0 Å². The topological polar surface area (TPSA) is 30.5 Å². The number of benzene rings is 1. The van der Waals surface area contributed by atoms with Gasteiger partial charge in [0.05, 0.1) is 17.7 Å². The average Bonchev–Trinajstić information content (AvgIpc) is 2.39. The Hall–Kier alpha value is -0.930. The summed E-state index contributed by atoms with van der Waals surface area (Å²) < 4.78 is 11.4. The molecule has 0 radical (unpaired) electrons. The standard InChI is InChI=1S/C16H26ClNO2/c1-6-12(5)18-10-13-8-14(17)16(20-11(3)4)15(9-13)19-7-2/h8-9,11-12,18H,6-7,10H2,1-5H3. The molecule has 1 atom stereocenters. The van der Waals surface area contributed by atoms with E-state index in [4.69, 9.17) is 21.1 Å². The van der Waals surface area contributed by atoms with Gasteiger partial charge in [-0.3, -0.25) is 0 Å². The van der Waals surface area contributed by atoms with E-state index in [0.29, 0.717) is 23.4 Å². The van der Waals surface area contributed by atoms with Gasteiger partial charge in [0.1, 0.15) is 0 Å². The van der Waals surface area contributed by atoms with Gasteiger partial charge in [-0.05, 0) is 51.8 Å². The van der Waals surface area contributed by atoms with Gasteiger partial charge in [-0.1, -0.05) is 18.5 Å². The molecule has 0 saturated heterocycles. The molecule has 3 nitrogen and oxygen atoms in total. The zero-order valence-corrected chi connectivity index (χ0v) is 13.9. The number of rotatable bonds is 8. The van der Waals surface area contributed by atoms with Crippen molar-refractivity contribution < 1.29 is 9.47 Å². The first-order chi connectivity index (χ1) is 9.47. The molecule has 0 heterocycles. The molecule has 1 rings (SSSR count). The van der Waals surface area contributed by atoms with Crippen molar-refractivity contribution >= 4 is 11.6 Å². The van der Waals surface area contributed by atoms with Crippen LogP contribution in [0.5, 0.6) is 11.5 Å². The summed E-state index contributed by atoms with van der Waals surface area (Å²) in [5, 5.41) is 4.05. The van der Waals surface area contributed by atoms with E-state index in [0.717, 1.165) is 24.3 Å². The van der Waals surface area contributed by atoms with Gasteiger partial charge in [0.15, 0.2) is 11.5 Å². The second kappa shape index (κ2) is 8.38. The Morgan fingerprint density at radius 1 is 1.20 bits per heavy atom. The number of hydrogen-bond acceptors (Lipinski definition) is 3. The number of nitrogens with one attached hydrogen (secondary N) is 1. The molecule has 1 aromatic carbocycles. The molecule has 0 aromatic heterocycles. The Labute approximate surface area is 127 Å². The fraction of sp³-hybridized carbons (Fsp3) is 0.625. The summed E-state index contributed by atoms with van der Waals surface area (Å²) >= 11 is 6.33. The van der Waals surface area contributed by atoms with Crippen molar-refractivity contribution in [1.82, 2.24) is 5.32 Å². The third-order valence-electron chi connectivity index (χ3n) is 2.99. The Morgan fingerprint density at radius 2 is 1.90 bits per heavy atom. The summed E-state index contributed by atoms with van der Waals surface area (Å²) in [5.74, 6) is 1.35. The van der Waals surface area contributed by atoms with Crippen molar-refractivity contribution in [2.45, 2.75) is 59.7 Å². The Kier molecular flexibility index (Phi) is 7.17. The van der Waals surface area contributed by atoms with Crippen LogP contribution in [-0.2, 0) is 6.54 Å². The highest BCUT2D eigenvalue weighted by atomic mass is 35.5. The second-order valence-corrected chi connectivity index (χ2v) is 5.60. The quantitative estimate of drug-likeness (QED) is 0.771. The molecule has 0 aliphatic heterocycles. The lowest BCUT2D eigenvalue weighted by Crippen LogP contribution is -2.24. The molecule has 0 amide bonds. The lowest BCUT2D eigenvalue weighted by molar-refractivity contribution is 0.224. The number of halogens is 1. The van der Waals surface area contributed by atoms with E-state index in [-0.39, 0.29) is 6.10 Å². The third-order valence-corrected chi connectivity index (χ3v) is 3.27. The summed E-state index contributed by atoms with van der Waals surface area (Å²) in [6.07, 6.45) is 1.16. The van der Waals surface area contributed by atoms with Crippen LogP contribution in [0.15, 0.2) is 12.1 Å². The minimum atomic E-state index is 0.0656. The van der Waals surface area contributed by atoms with Gasteiger partial charge in [-0.15, -0.1) is 0 Å². The summed E-state index contributed by atoms with van der Waals surface area (Å²) in [6.45, 7) is 11.6. The molecule has 0 fully saturated rings. The van der Waals surface area contributed by atoms with Gasteiger partial charge in [-0.25, -0.2) is 0 Å². The van der Waals surface area contributed by atoms with Crippen LogP contribution in [0, 0.1) is 0 Å². The lowest BCUT2D eigenvalue weighted by Gasteiger charge is -2.18. The summed E-state index contributed by atoms with van der Waals surface area (Å²) in [6, 6.07) is 4.43. The van der Waals surface area contributed by atoms with Crippen LogP contribution in [0.2, 0.25) is 5.02 Å². The fourth-order valence-corrected chi connectivity index (χ4v) is 2.05. The maximum atomic E-state index is 6.33. The molecular weight excluding hydrogens is 274 g/mol. The van der Waals surface area contributed by atoms with E-state index in [2.05, 4.69) is 19.2 Å². The average molecular weight is 300 g/mol. The molecule has 0 aliphatic carbocycles. The first-order valence-corrected chi connectivity index (χ1v) is 7.70. The SMILES string of the molecule is CCOc1cc(CNC(C)CC)cc(Cl)c1OC(C)C. The highest BCUT2D eigenvalue weighted by Gasteiger charge is 2.14. The van der Waals surface area contributed by atoms with Crippen molar-refractivity contribution in [3.05, 3.63) is 22.7 Å². The van der Waals surface area contributed by atoms with Crippen LogP contribution in [-0.4, -0.2) is 18.8 Å². The Bertz CT molecular complexity index is 421. The first-order valence-electron chi connectivity index (χ1n) is 7.33. The van der Waals surface area contributed by atoms with Crippen LogP contribution in [0.4, 0.5) is 0 Å². The number of hydrogen-bond donors (Lipinski definition) is 1. The van der Waals surface area contributed by atoms with Crippen LogP contribution >= 0.6 is 11.6 Å². The predicted molar refractivity (Wildman–Crippen MR) is 85.0 cm³/mol. The molecule has 1 aromatic rings. The first kappa shape index (κ1) is 17.1. The fourth-order valence-electron chi connectivity index (χ4n) is 1.77. The highest BCUT2D eigenvalue weighted by Crippen LogP contribution is 2.37. The molecule has 4 heteroatoms. The molecule has 1 N–H and O–H groups in total. The minimum absolute atomic E-state index is 0.0656. The lowest BCUT2D eigenvalue weighted by atomic mass is 10.1. The Balaban J connectivity index is 2.93. The third kappa shape index (κ3) is 5.22. The molecule has 0 aliphatic rings. The van der Waals surface area contributed by atoms with E-state index in [1.165, 1.54) is 0 Å².